The van der Waals surface area contributed by atoms with Crippen LogP contribution in [0.3, 0.4) is 0 Å². The minimum absolute atomic E-state index is 0. The van der Waals surface area contributed by atoms with Gasteiger partial charge in [0.05, 0.1) is 0 Å². The van der Waals surface area contributed by atoms with Crippen LogP contribution in [0, 0.1) is 0 Å². The number of carboxylic acid groups (broad SMARTS) is 1. The normalized spacial score (nSPS) is 12.1. The fourth-order valence-corrected chi connectivity index (χ4v) is 4.10. The molecule has 0 aromatic heterocycles. The molecular weight excluding hydrogens is 369 g/mol. The van der Waals surface area contributed by atoms with Crippen LogP contribution in [0.4, 0.5) is 0 Å². The molecule has 0 amide bonds. The Morgan fingerprint density at radius 1 is 0.655 bits per heavy atom. The predicted molar refractivity (Wildman–Crippen MR) is 120 cm³/mol. The quantitative estimate of drug-likeness (QED) is 0.199. The summed E-state index contributed by atoms with van der Waals surface area (Å²) in [5, 5.41) is 10.8. The fraction of sp³-hybridized carbons (Fsp3) is 0.960. The molecule has 1 unspecified atom stereocenters. The number of aliphatic carboxylic acids is 1. The molecule has 0 fully saturated rings. The van der Waals surface area contributed by atoms with Gasteiger partial charge < -0.3 is 14.8 Å². The Kier molecular flexibility index (Phi) is 26.9. The van der Waals surface area contributed by atoms with Gasteiger partial charge in [-0.25, -0.2) is 0 Å². The Bertz CT molecular complexity index is 323. The van der Waals surface area contributed by atoms with E-state index in [1.54, 1.807) is 0 Å². The third-order valence-electron chi connectivity index (χ3n) is 5.92. The van der Waals surface area contributed by atoms with Gasteiger partial charge >= 0.3 is 29.6 Å². The van der Waals surface area contributed by atoms with Crippen molar-refractivity contribution in [1.82, 2.24) is 4.90 Å². The second-order valence-corrected chi connectivity index (χ2v) is 8.63. The molecule has 0 bridgehead atoms. The van der Waals surface area contributed by atoms with Crippen LogP contribution in [0.5, 0.6) is 0 Å². The standard InChI is InChI=1S/C25H51NO2.Na/c1-4-7-10-12-14-16-22-26(23-17-15-13-11-8-5-2)24(19-9-6-3)20-18-21-25(27)28;/h24H,4-23H2,1-3H3,(H,27,28);/q;+1/p-1. The molecule has 29 heavy (non-hydrogen) atoms. The van der Waals surface area contributed by atoms with Crippen molar-refractivity contribution in [1.29, 1.82) is 0 Å². The number of carbonyl (C=O) groups is 1. The van der Waals surface area contributed by atoms with E-state index in [0.29, 0.717) is 6.04 Å². The summed E-state index contributed by atoms with van der Waals surface area (Å²) in [4.78, 5) is 13.5. The van der Waals surface area contributed by atoms with Crippen LogP contribution in [-0.4, -0.2) is 30.0 Å². The van der Waals surface area contributed by atoms with Crippen molar-refractivity contribution in [2.24, 2.45) is 0 Å². The van der Waals surface area contributed by atoms with Crippen LogP contribution in [0.1, 0.15) is 136 Å². The van der Waals surface area contributed by atoms with E-state index in [-0.39, 0.29) is 36.0 Å². The molecule has 3 nitrogen and oxygen atoms in total. The molecule has 0 aromatic rings. The molecule has 0 aliphatic rings. The van der Waals surface area contributed by atoms with Gasteiger partial charge in [0, 0.05) is 12.0 Å². The van der Waals surface area contributed by atoms with Gasteiger partial charge in [-0.1, -0.05) is 97.8 Å². The van der Waals surface area contributed by atoms with Gasteiger partial charge in [0.25, 0.3) is 0 Å². The van der Waals surface area contributed by atoms with E-state index in [1.807, 2.05) is 0 Å². The number of rotatable bonds is 22. The van der Waals surface area contributed by atoms with Crippen molar-refractivity contribution in [3.05, 3.63) is 0 Å². The summed E-state index contributed by atoms with van der Waals surface area (Å²) in [6.07, 6.45) is 21.8. The summed E-state index contributed by atoms with van der Waals surface area (Å²) in [5.41, 5.74) is 0. The van der Waals surface area contributed by atoms with Gasteiger partial charge in [0.15, 0.2) is 0 Å². The van der Waals surface area contributed by atoms with Crippen LogP contribution in [0.15, 0.2) is 0 Å². The Hall–Kier alpha value is 0.430. The molecule has 0 aromatic carbocycles. The van der Waals surface area contributed by atoms with Crippen LogP contribution in [0.2, 0.25) is 0 Å². The first-order chi connectivity index (χ1) is 13.7. The molecule has 0 rings (SSSR count). The van der Waals surface area contributed by atoms with Crippen LogP contribution < -0.4 is 34.7 Å². The van der Waals surface area contributed by atoms with Gasteiger partial charge in [-0.15, -0.1) is 0 Å². The van der Waals surface area contributed by atoms with Crippen molar-refractivity contribution >= 4 is 5.97 Å². The van der Waals surface area contributed by atoms with Crippen molar-refractivity contribution in [2.45, 2.75) is 142 Å². The van der Waals surface area contributed by atoms with Crippen LogP contribution in [0.25, 0.3) is 0 Å². The molecule has 168 valence electrons. The van der Waals surface area contributed by atoms with Crippen molar-refractivity contribution in [3.8, 4) is 0 Å². The zero-order valence-electron chi connectivity index (χ0n) is 20.5. The largest absolute Gasteiger partial charge is 1.00 e. The van der Waals surface area contributed by atoms with E-state index in [9.17, 15) is 9.90 Å². The number of hydrogen-bond acceptors (Lipinski definition) is 3. The third-order valence-corrected chi connectivity index (χ3v) is 5.92. The van der Waals surface area contributed by atoms with Crippen molar-refractivity contribution < 1.29 is 39.5 Å². The van der Waals surface area contributed by atoms with E-state index in [0.717, 1.165) is 12.8 Å². The smallest absolute Gasteiger partial charge is 0.550 e. The van der Waals surface area contributed by atoms with Crippen LogP contribution >= 0.6 is 0 Å². The first-order valence-electron chi connectivity index (χ1n) is 12.6. The summed E-state index contributed by atoms with van der Waals surface area (Å²) in [6.45, 7) is 9.19. The number of nitrogens with zero attached hydrogens (tertiary/aromatic N) is 1. The topological polar surface area (TPSA) is 43.4 Å². The molecule has 0 saturated carbocycles. The second kappa shape index (κ2) is 24.7. The third kappa shape index (κ3) is 21.4. The summed E-state index contributed by atoms with van der Waals surface area (Å²) in [5.74, 6) is -0.896. The summed E-state index contributed by atoms with van der Waals surface area (Å²) < 4.78 is 0. The first-order valence-corrected chi connectivity index (χ1v) is 12.6. The second-order valence-electron chi connectivity index (χ2n) is 8.63. The predicted octanol–water partition coefficient (Wildman–Crippen LogP) is 3.49. The Balaban J connectivity index is 0. The van der Waals surface area contributed by atoms with E-state index in [2.05, 4.69) is 25.7 Å². The fourth-order valence-electron chi connectivity index (χ4n) is 4.10. The van der Waals surface area contributed by atoms with Gasteiger partial charge in [-0.2, -0.15) is 0 Å². The summed E-state index contributed by atoms with van der Waals surface area (Å²) in [7, 11) is 0. The summed E-state index contributed by atoms with van der Waals surface area (Å²) in [6, 6.07) is 0.561. The maximum Gasteiger partial charge on any atom is 1.00 e. The Morgan fingerprint density at radius 3 is 1.52 bits per heavy atom. The molecule has 0 spiro atoms. The molecule has 0 aliphatic heterocycles. The minimum atomic E-state index is -0.896. The van der Waals surface area contributed by atoms with Crippen molar-refractivity contribution in [2.75, 3.05) is 13.1 Å². The number of unbranched alkanes of at least 4 members (excludes halogenated alkanes) is 11. The van der Waals surface area contributed by atoms with E-state index in [4.69, 9.17) is 0 Å². The zero-order valence-corrected chi connectivity index (χ0v) is 22.5. The molecule has 0 radical (unpaired) electrons. The molecule has 0 heterocycles. The Morgan fingerprint density at radius 2 is 1.07 bits per heavy atom. The average molecular weight is 420 g/mol. The molecule has 0 aliphatic carbocycles. The van der Waals surface area contributed by atoms with Gasteiger partial charge in [0.1, 0.15) is 0 Å². The van der Waals surface area contributed by atoms with Crippen molar-refractivity contribution in [3.63, 3.8) is 0 Å². The van der Waals surface area contributed by atoms with E-state index in [1.165, 1.54) is 109 Å². The van der Waals surface area contributed by atoms with Gasteiger partial charge in [0.2, 0.25) is 0 Å². The number of hydrogen-bond donors (Lipinski definition) is 0. The molecule has 4 heteroatoms. The minimum Gasteiger partial charge on any atom is -0.550 e. The van der Waals surface area contributed by atoms with Gasteiger partial charge in [-0.3, -0.25) is 0 Å². The number of carbonyl (C=O) groups excluding carboxylic acids is 1. The molecule has 1 atom stereocenters. The maximum atomic E-state index is 10.8. The molecule has 0 saturated heterocycles. The number of carboxylic acids is 1. The molecular formula is C25H50NNaO2. The SMILES string of the molecule is CCCCCCCCN(CCCCCCCC)C(CCCC)CCCC(=O)[O-].[Na+]. The Labute approximate surface area is 205 Å². The first kappa shape index (κ1) is 31.6. The van der Waals surface area contributed by atoms with Gasteiger partial charge in [-0.05, 0) is 51.6 Å². The molecule has 0 N–H and O–H groups in total. The van der Waals surface area contributed by atoms with E-state index < -0.39 is 5.97 Å². The summed E-state index contributed by atoms with van der Waals surface area (Å²) >= 11 is 0. The van der Waals surface area contributed by atoms with E-state index >= 15 is 0 Å². The van der Waals surface area contributed by atoms with Crippen LogP contribution in [-0.2, 0) is 4.79 Å². The monoisotopic (exact) mass is 419 g/mol. The average Bonchev–Trinajstić information content (AvgIpc) is 2.68. The maximum absolute atomic E-state index is 10.8. The zero-order chi connectivity index (χ0) is 20.9.